The smallest absolute Gasteiger partial charge is 0.329 e. The van der Waals surface area contributed by atoms with Gasteiger partial charge in [0.15, 0.2) is 0 Å². The highest BCUT2D eigenvalue weighted by Crippen LogP contribution is 2.28. The minimum atomic E-state index is -1.26. The number of amides is 3. The summed E-state index contributed by atoms with van der Waals surface area (Å²) in [6.45, 7) is 5.08. The summed E-state index contributed by atoms with van der Waals surface area (Å²) in [6.07, 6.45) is 1.56. The topological polar surface area (TPSA) is 91.6 Å². The molecule has 1 aromatic heterocycles. The van der Waals surface area contributed by atoms with Gasteiger partial charge in [-0.15, -0.1) is 0 Å². The van der Waals surface area contributed by atoms with E-state index >= 15 is 0 Å². The summed E-state index contributed by atoms with van der Waals surface area (Å²) in [4.78, 5) is 35.6. The highest BCUT2D eigenvalue weighted by Gasteiger charge is 2.35. The zero-order valence-electron chi connectivity index (χ0n) is 15.0. The maximum Gasteiger partial charge on any atom is 0.329 e. The molecule has 1 saturated heterocycles. The van der Waals surface area contributed by atoms with Crippen molar-refractivity contribution in [2.24, 2.45) is 0 Å². The summed E-state index contributed by atoms with van der Waals surface area (Å²) in [6, 6.07) is 6.79. The number of aliphatic carboxylic acids is 1. The Labute approximate surface area is 160 Å². The average molecular weight is 388 g/mol. The second kappa shape index (κ2) is 6.92. The minimum absolute atomic E-state index is 0.0457. The molecule has 2 aromatic rings. The summed E-state index contributed by atoms with van der Waals surface area (Å²) < 4.78 is 2.02. The van der Waals surface area contributed by atoms with Crippen LogP contribution in [0.1, 0.15) is 22.5 Å². The van der Waals surface area contributed by atoms with Crippen molar-refractivity contribution in [2.75, 3.05) is 6.54 Å². The van der Waals surface area contributed by atoms with Gasteiger partial charge in [0, 0.05) is 22.1 Å². The Balaban J connectivity index is 2.02. The molecule has 0 atom stereocenters. The van der Waals surface area contributed by atoms with Gasteiger partial charge in [0.2, 0.25) is 0 Å². The molecule has 8 heteroatoms. The lowest BCUT2D eigenvalue weighted by molar-refractivity contribution is -0.140. The highest BCUT2D eigenvalue weighted by atomic mass is 35.5. The zero-order chi connectivity index (χ0) is 19.9. The van der Waals surface area contributed by atoms with Gasteiger partial charge in [-0.3, -0.25) is 9.59 Å². The van der Waals surface area contributed by atoms with E-state index in [1.54, 1.807) is 6.08 Å². The lowest BCUT2D eigenvalue weighted by Crippen LogP contribution is -2.35. The van der Waals surface area contributed by atoms with Crippen LogP contribution in [0.15, 0.2) is 30.0 Å². The van der Waals surface area contributed by atoms with Gasteiger partial charge in [-0.2, -0.15) is 0 Å². The zero-order valence-corrected chi connectivity index (χ0v) is 15.8. The Morgan fingerprint density at radius 2 is 1.96 bits per heavy atom. The number of carbonyl (C=O) groups excluding carboxylic acids is 2. The van der Waals surface area contributed by atoms with Crippen molar-refractivity contribution in [3.63, 3.8) is 0 Å². The van der Waals surface area contributed by atoms with Gasteiger partial charge in [-0.05, 0) is 56.2 Å². The van der Waals surface area contributed by atoms with E-state index in [4.69, 9.17) is 16.7 Å². The first-order valence-electron chi connectivity index (χ1n) is 8.21. The number of aryl methyl sites for hydroxylation is 1. The predicted molar refractivity (Wildman–Crippen MR) is 101 cm³/mol. The fourth-order valence-electron chi connectivity index (χ4n) is 3.15. The van der Waals surface area contributed by atoms with Crippen LogP contribution in [0, 0.1) is 20.8 Å². The van der Waals surface area contributed by atoms with Crippen LogP contribution in [-0.2, 0) is 9.59 Å². The van der Waals surface area contributed by atoms with E-state index in [-0.39, 0.29) is 5.70 Å². The molecule has 2 N–H and O–H groups in total. The molecular weight excluding hydrogens is 370 g/mol. The Hall–Kier alpha value is -3.06. The number of nitrogens with zero attached hydrogens (tertiary/aromatic N) is 2. The molecule has 0 aliphatic carbocycles. The van der Waals surface area contributed by atoms with Gasteiger partial charge in [-0.25, -0.2) is 9.69 Å². The van der Waals surface area contributed by atoms with Gasteiger partial charge in [0.05, 0.1) is 0 Å². The summed E-state index contributed by atoms with van der Waals surface area (Å²) in [5, 5.41) is 11.9. The largest absolute Gasteiger partial charge is 0.480 e. The van der Waals surface area contributed by atoms with Crippen LogP contribution >= 0.6 is 11.6 Å². The first kappa shape index (κ1) is 18.7. The standard InChI is InChI=1S/C19H18ClN3O4/c1-10-7-13(8-15-18(26)22(9-17(24)25)19(27)21-15)12(3)23(10)16-6-4-5-14(20)11(16)2/h4-8H,9H2,1-3H3,(H,21,27)(H,24,25)/b15-8+. The van der Waals surface area contributed by atoms with Crippen LogP contribution in [0.2, 0.25) is 5.02 Å². The van der Waals surface area contributed by atoms with Crippen molar-refractivity contribution < 1.29 is 19.5 Å². The summed E-state index contributed by atoms with van der Waals surface area (Å²) in [5.41, 5.74) is 4.44. The second-order valence-electron chi connectivity index (χ2n) is 6.32. The number of carbonyl (C=O) groups is 3. The fourth-order valence-corrected chi connectivity index (χ4v) is 3.32. The van der Waals surface area contributed by atoms with Crippen molar-refractivity contribution in [1.29, 1.82) is 0 Å². The Morgan fingerprint density at radius 1 is 1.26 bits per heavy atom. The van der Waals surface area contributed by atoms with Crippen LogP contribution in [0.25, 0.3) is 11.8 Å². The van der Waals surface area contributed by atoms with Crippen molar-refractivity contribution in [1.82, 2.24) is 14.8 Å². The van der Waals surface area contributed by atoms with E-state index < -0.39 is 24.5 Å². The first-order valence-corrected chi connectivity index (χ1v) is 8.59. The molecule has 0 saturated carbocycles. The number of hydrogen-bond donors (Lipinski definition) is 2. The SMILES string of the molecule is Cc1c(Cl)cccc1-n1c(C)cc(/C=C2/NC(=O)N(CC(=O)O)C2=O)c1C. The Morgan fingerprint density at radius 3 is 2.63 bits per heavy atom. The van der Waals surface area contributed by atoms with Gasteiger partial charge in [0.25, 0.3) is 5.91 Å². The number of carboxylic acids is 1. The number of hydrogen-bond acceptors (Lipinski definition) is 3. The van der Waals surface area contributed by atoms with Crippen LogP contribution in [-0.4, -0.2) is 39.0 Å². The third-order valence-corrected chi connectivity index (χ3v) is 4.92. The van der Waals surface area contributed by atoms with Gasteiger partial charge >= 0.3 is 12.0 Å². The van der Waals surface area contributed by atoms with E-state index in [9.17, 15) is 14.4 Å². The molecule has 3 rings (SSSR count). The summed E-state index contributed by atoms with van der Waals surface area (Å²) >= 11 is 6.23. The van der Waals surface area contributed by atoms with Gasteiger partial charge < -0.3 is 15.0 Å². The Kier molecular flexibility index (Phi) is 4.80. The molecule has 0 unspecified atom stereocenters. The molecule has 0 radical (unpaired) electrons. The van der Waals surface area contributed by atoms with Crippen LogP contribution in [0.3, 0.4) is 0 Å². The van der Waals surface area contributed by atoms with E-state index in [0.29, 0.717) is 9.92 Å². The molecule has 0 spiro atoms. The maximum atomic E-state index is 12.3. The lowest BCUT2D eigenvalue weighted by atomic mass is 10.2. The molecule has 7 nitrogen and oxygen atoms in total. The number of carboxylic acid groups (broad SMARTS) is 1. The molecule has 140 valence electrons. The minimum Gasteiger partial charge on any atom is -0.480 e. The number of rotatable bonds is 4. The summed E-state index contributed by atoms with van der Waals surface area (Å²) in [7, 11) is 0. The first-order chi connectivity index (χ1) is 12.7. The highest BCUT2D eigenvalue weighted by molar-refractivity contribution is 6.31. The fraction of sp³-hybridized carbons (Fsp3) is 0.211. The molecule has 1 aliphatic heterocycles. The maximum absolute atomic E-state index is 12.3. The second-order valence-corrected chi connectivity index (χ2v) is 6.73. The van der Waals surface area contributed by atoms with Crippen LogP contribution < -0.4 is 5.32 Å². The number of imide groups is 1. The third-order valence-electron chi connectivity index (χ3n) is 4.51. The molecule has 1 aliphatic rings. The van der Waals surface area contributed by atoms with E-state index in [1.165, 1.54) is 0 Å². The van der Waals surface area contributed by atoms with Gasteiger partial charge in [0.1, 0.15) is 12.2 Å². The number of benzene rings is 1. The van der Waals surface area contributed by atoms with Gasteiger partial charge in [-0.1, -0.05) is 17.7 Å². The van der Waals surface area contributed by atoms with E-state index in [1.807, 2.05) is 49.6 Å². The Bertz CT molecular complexity index is 1010. The van der Waals surface area contributed by atoms with E-state index in [0.717, 1.165) is 28.2 Å². The lowest BCUT2D eigenvalue weighted by Gasteiger charge is -2.13. The number of halogens is 1. The van der Waals surface area contributed by atoms with Crippen molar-refractivity contribution in [3.05, 3.63) is 57.5 Å². The normalized spacial score (nSPS) is 15.6. The van der Waals surface area contributed by atoms with Crippen LogP contribution in [0.4, 0.5) is 4.79 Å². The number of nitrogens with one attached hydrogen (secondary N) is 1. The average Bonchev–Trinajstić information content (AvgIpc) is 3.01. The third kappa shape index (κ3) is 3.33. The van der Waals surface area contributed by atoms with E-state index in [2.05, 4.69) is 5.32 Å². The predicted octanol–water partition coefficient (Wildman–Crippen LogP) is 3.03. The molecule has 3 amide bonds. The quantitative estimate of drug-likeness (QED) is 0.623. The molecular formula is C19H18ClN3O4. The molecule has 1 fully saturated rings. The molecule has 1 aromatic carbocycles. The molecule has 0 bridgehead atoms. The van der Waals surface area contributed by atoms with Crippen molar-refractivity contribution >= 4 is 35.6 Å². The van der Waals surface area contributed by atoms with Crippen molar-refractivity contribution in [2.45, 2.75) is 20.8 Å². The molecule has 27 heavy (non-hydrogen) atoms. The number of aromatic nitrogens is 1. The van der Waals surface area contributed by atoms with Crippen LogP contribution in [0.5, 0.6) is 0 Å². The molecule has 2 heterocycles. The number of urea groups is 1. The summed E-state index contributed by atoms with van der Waals surface area (Å²) in [5.74, 6) is -1.92. The monoisotopic (exact) mass is 387 g/mol. The van der Waals surface area contributed by atoms with Crippen molar-refractivity contribution in [3.8, 4) is 5.69 Å².